The van der Waals surface area contributed by atoms with E-state index in [2.05, 4.69) is 5.32 Å². The summed E-state index contributed by atoms with van der Waals surface area (Å²) < 4.78 is 83.9. The average molecular weight is 525 g/mol. The average Bonchev–Trinajstić information content (AvgIpc) is 2.82. The van der Waals surface area contributed by atoms with Crippen molar-refractivity contribution in [2.45, 2.75) is 37.8 Å². The van der Waals surface area contributed by atoms with Gasteiger partial charge in [0.15, 0.2) is 0 Å². The molecule has 0 heterocycles. The normalized spacial score (nSPS) is 12.6. The molecule has 0 aliphatic carbocycles. The van der Waals surface area contributed by atoms with E-state index < -0.39 is 53.4 Å². The first-order valence-electron chi connectivity index (χ1n) is 10.9. The van der Waals surface area contributed by atoms with Crippen LogP contribution in [0.1, 0.15) is 27.8 Å². The van der Waals surface area contributed by atoms with Crippen molar-refractivity contribution in [3.63, 3.8) is 0 Å². The van der Waals surface area contributed by atoms with Crippen molar-refractivity contribution in [3.8, 4) is 5.75 Å². The van der Waals surface area contributed by atoms with E-state index >= 15 is 0 Å². The molecule has 3 aromatic rings. The number of rotatable bonds is 9. The maximum atomic E-state index is 13.0. The first-order chi connectivity index (χ1) is 17.3. The van der Waals surface area contributed by atoms with Crippen LogP contribution in [0.5, 0.6) is 5.75 Å². The minimum atomic E-state index is -5.06. The summed E-state index contributed by atoms with van der Waals surface area (Å²) in [6, 6.07) is 15.1. The zero-order chi connectivity index (χ0) is 27.2. The van der Waals surface area contributed by atoms with Crippen LogP contribution in [0, 0.1) is 0 Å². The van der Waals surface area contributed by atoms with Gasteiger partial charge in [-0.3, -0.25) is 4.79 Å². The summed E-state index contributed by atoms with van der Waals surface area (Å²) >= 11 is 0. The Morgan fingerprint density at radius 2 is 1.35 bits per heavy atom. The number of hydrogen-bond donors (Lipinski definition) is 2. The van der Waals surface area contributed by atoms with Crippen molar-refractivity contribution in [1.29, 1.82) is 0 Å². The maximum Gasteiger partial charge on any atom is 0.416 e. The molecule has 3 aromatic carbocycles. The van der Waals surface area contributed by atoms with E-state index in [-0.39, 0.29) is 12.5 Å². The Kier molecular flexibility index (Phi) is 8.46. The number of carboxylic acid groups (broad SMARTS) is 1. The Morgan fingerprint density at radius 1 is 0.784 bits per heavy atom. The van der Waals surface area contributed by atoms with Gasteiger partial charge in [0, 0.05) is 6.42 Å². The molecular weight excluding hydrogens is 504 g/mol. The SMILES string of the molecule is O=C(Cc1cc(C(F)(F)F)cc(C(F)(F)F)c1)N[C@H](Cc1ccc(OCc2ccccc2)cc1)C(=O)O. The number of aliphatic carboxylic acids is 1. The largest absolute Gasteiger partial charge is 0.489 e. The van der Waals surface area contributed by atoms with Crippen LogP contribution in [-0.2, 0) is 41.4 Å². The third kappa shape index (κ3) is 8.26. The number of carboxylic acids is 1. The Bertz CT molecular complexity index is 1190. The number of carbonyl (C=O) groups is 2. The van der Waals surface area contributed by atoms with Gasteiger partial charge < -0.3 is 15.2 Å². The number of hydrogen-bond acceptors (Lipinski definition) is 3. The summed E-state index contributed by atoms with van der Waals surface area (Å²) in [6.45, 7) is 0.319. The molecule has 0 aromatic heterocycles. The van der Waals surface area contributed by atoms with E-state index in [9.17, 15) is 41.0 Å². The second-order valence-electron chi connectivity index (χ2n) is 8.17. The van der Waals surface area contributed by atoms with Crippen molar-refractivity contribution in [2.75, 3.05) is 0 Å². The molecule has 0 spiro atoms. The van der Waals surface area contributed by atoms with E-state index in [1.54, 1.807) is 24.3 Å². The van der Waals surface area contributed by atoms with Crippen molar-refractivity contribution < 1.29 is 45.8 Å². The van der Waals surface area contributed by atoms with Crippen LogP contribution in [0.4, 0.5) is 26.3 Å². The lowest BCUT2D eigenvalue weighted by molar-refractivity contribution is -0.143. The van der Waals surface area contributed by atoms with Crippen LogP contribution in [0.3, 0.4) is 0 Å². The molecule has 0 unspecified atom stereocenters. The molecule has 3 rings (SSSR count). The monoisotopic (exact) mass is 525 g/mol. The van der Waals surface area contributed by atoms with Crippen molar-refractivity contribution in [1.82, 2.24) is 5.32 Å². The number of alkyl halides is 6. The van der Waals surface area contributed by atoms with Gasteiger partial charge in [-0.1, -0.05) is 42.5 Å². The molecule has 0 saturated heterocycles. The topological polar surface area (TPSA) is 75.6 Å². The minimum absolute atomic E-state index is 0.0469. The lowest BCUT2D eigenvalue weighted by atomic mass is 10.0. The highest BCUT2D eigenvalue weighted by Crippen LogP contribution is 2.36. The van der Waals surface area contributed by atoms with Crippen LogP contribution >= 0.6 is 0 Å². The van der Waals surface area contributed by atoms with Crippen LogP contribution < -0.4 is 10.1 Å². The summed E-state index contributed by atoms with van der Waals surface area (Å²) in [7, 11) is 0. The van der Waals surface area contributed by atoms with Crippen molar-refractivity contribution in [3.05, 3.63) is 101 Å². The Hall–Kier alpha value is -4.02. The third-order valence-electron chi connectivity index (χ3n) is 5.26. The lowest BCUT2D eigenvalue weighted by Crippen LogP contribution is -2.43. The van der Waals surface area contributed by atoms with Crippen molar-refractivity contribution in [2.24, 2.45) is 0 Å². The quantitative estimate of drug-likeness (QED) is 0.354. The van der Waals surface area contributed by atoms with Gasteiger partial charge in [0.25, 0.3) is 0 Å². The van der Waals surface area contributed by atoms with Crippen LogP contribution in [0.25, 0.3) is 0 Å². The number of benzene rings is 3. The number of halogens is 6. The summed E-state index contributed by atoms with van der Waals surface area (Å²) in [5.74, 6) is -1.94. The summed E-state index contributed by atoms with van der Waals surface area (Å²) in [5, 5.41) is 11.6. The standard InChI is InChI=1S/C26H21F6NO4/c27-25(28,29)19-10-18(11-20(14-19)26(30,31)32)13-23(34)33-22(24(35)36)12-16-6-8-21(9-7-16)37-15-17-4-2-1-3-5-17/h1-11,14,22H,12-13,15H2,(H,33,34)(H,35,36)/t22-/m1/s1. The molecule has 0 radical (unpaired) electrons. The highest BCUT2D eigenvalue weighted by atomic mass is 19.4. The number of nitrogens with one attached hydrogen (secondary N) is 1. The predicted molar refractivity (Wildman–Crippen MR) is 121 cm³/mol. The molecule has 37 heavy (non-hydrogen) atoms. The Labute approximate surface area is 207 Å². The van der Waals surface area contributed by atoms with Gasteiger partial charge >= 0.3 is 18.3 Å². The number of carbonyl (C=O) groups excluding carboxylic acids is 1. The predicted octanol–water partition coefficient (Wildman–Crippen LogP) is 5.66. The van der Waals surface area contributed by atoms with Gasteiger partial charge in [-0.05, 0) is 47.0 Å². The Morgan fingerprint density at radius 3 is 1.86 bits per heavy atom. The molecule has 1 atom stereocenters. The molecule has 196 valence electrons. The zero-order valence-electron chi connectivity index (χ0n) is 19.1. The highest BCUT2D eigenvalue weighted by Gasteiger charge is 2.37. The molecule has 0 bridgehead atoms. The smallest absolute Gasteiger partial charge is 0.416 e. The summed E-state index contributed by atoms with van der Waals surface area (Å²) in [6.07, 6.45) is -11.2. The molecule has 1 amide bonds. The lowest BCUT2D eigenvalue weighted by Gasteiger charge is -2.17. The molecule has 0 aliphatic rings. The molecule has 2 N–H and O–H groups in total. The van der Waals surface area contributed by atoms with Gasteiger partial charge in [0.2, 0.25) is 5.91 Å². The van der Waals surface area contributed by atoms with E-state index in [0.29, 0.717) is 30.1 Å². The van der Waals surface area contributed by atoms with Crippen LogP contribution in [-0.4, -0.2) is 23.0 Å². The third-order valence-corrected chi connectivity index (χ3v) is 5.26. The molecule has 11 heteroatoms. The summed E-state index contributed by atoms with van der Waals surface area (Å²) in [4.78, 5) is 24.0. The molecule has 0 aliphatic heterocycles. The second kappa shape index (κ2) is 11.4. The first-order valence-corrected chi connectivity index (χ1v) is 10.9. The van der Waals surface area contributed by atoms with E-state index in [1.807, 2.05) is 30.3 Å². The number of ether oxygens (including phenoxy) is 1. The van der Waals surface area contributed by atoms with E-state index in [0.717, 1.165) is 5.56 Å². The zero-order valence-corrected chi connectivity index (χ0v) is 19.1. The van der Waals surface area contributed by atoms with Gasteiger partial charge in [-0.25, -0.2) is 4.79 Å². The second-order valence-corrected chi connectivity index (χ2v) is 8.17. The fourth-order valence-electron chi connectivity index (χ4n) is 3.45. The molecule has 0 fully saturated rings. The fourth-order valence-corrected chi connectivity index (χ4v) is 3.45. The van der Waals surface area contributed by atoms with Crippen LogP contribution in [0.2, 0.25) is 0 Å². The highest BCUT2D eigenvalue weighted by molar-refractivity contribution is 5.85. The minimum Gasteiger partial charge on any atom is -0.489 e. The first kappa shape index (κ1) is 27.6. The molecule has 5 nitrogen and oxygen atoms in total. The van der Waals surface area contributed by atoms with E-state index in [1.165, 1.54) is 0 Å². The van der Waals surface area contributed by atoms with Gasteiger partial charge in [0.05, 0.1) is 17.5 Å². The van der Waals surface area contributed by atoms with Crippen LogP contribution in [0.15, 0.2) is 72.8 Å². The van der Waals surface area contributed by atoms with Gasteiger partial charge in [-0.15, -0.1) is 0 Å². The fraction of sp³-hybridized carbons (Fsp3) is 0.231. The molecular formula is C26H21F6NO4. The maximum absolute atomic E-state index is 13.0. The summed E-state index contributed by atoms with van der Waals surface area (Å²) in [5.41, 5.74) is -2.21. The van der Waals surface area contributed by atoms with E-state index in [4.69, 9.17) is 4.74 Å². The van der Waals surface area contributed by atoms with Gasteiger partial charge in [0.1, 0.15) is 18.4 Å². The molecule has 0 saturated carbocycles. The Balaban J connectivity index is 1.65. The van der Waals surface area contributed by atoms with Gasteiger partial charge in [-0.2, -0.15) is 26.3 Å². The number of amides is 1. The van der Waals surface area contributed by atoms with Crippen molar-refractivity contribution >= 4 is 11.9 Å².